The Labute approximate surface area is 190 Å². The summed E-state index contributed by atoms with van der Waals surface area (Å²) in [7, 11) is 0. The van der Waals surface area contributed by atoms with Crippen molar-refractivity contribution < 1.29 is 18.0 Å². The lowest BCUT2D eigenvalue weighted by Gasteiger charge is -2.20. The van der Waals surface area contributed by atoms with Crippen LogP contribution in [-0.2, 0) is 17.4 Å². The maximum atomic E-state index is 13.5. The third-order valence-electron chi connectivity index (χ3n) is 5.27. The van der Waals surface area contributed by atoms with Gasteiger partial charge in [-0.3, -0.25) is 4.79 Å². The number of halogens is 3. The Morgan fingerprint density at radius 1 is 1.00 bits per heavy atom. The fourth-order valence-corrected chi connectivity index (χ4v) is 3.73. The van der Waals surface area contributed by atoms with Gasteiger partial charge in [0.2, 0.25) is 11.9 Å². The molecule has 33 heavy (non-hydrogen) atoms. The van der Waals surface area contributed by atoms with Gasteiger partial charge in [-0.15, -0.1) is 0 Å². The molecule has 2 N–H and O–H groups in total. The Morgan fingerprint density at radius 2 is 1.67 bits per heavy atom. The summed E-state index contributed by atoms with van der Waals surface area (Å²) < 4.78 is 40.5. The lowest BCUT2D eigenvalue weighted by Crippen LogP contribution is -2.30. The minimum atomic E-state index is -4.61. The van der Waals surface area contributed by atoms with E-state index in [1.807, 2.05) is 19.9 Å². The molecule has 0 atom stereocenters. The number of benzene rings is 1. The van der Waals surface area contributed by atoms with Gasteiger partial charge in [0.05, 0.1) is 11.4 Å². The molecular weight excluding hydrogens is 431 g/mol. The first-order chi connectivity index (χ1) is 15.6. The van der Waals surface area contributed by atoms with Crippen molar-refractivity contribution in [3.63, 3.8) is 0 Å². The molecule has 2 aromatic heterocycles. The normalized spacial score (nSPS) is 11.5. The molecule has 174 valence electrons. The van der Waals surface area contributed by atoms with E-state index < -0.39 is 11.9 Å². The zero-order chi connectivity index (χ0) is 24.2. The molecule has 6 nitrogen and oxygen atoms in total. The van der Waals surface area contributed by atoms with E-state index in [-0.39, 0.29) is 36.0 Å². The number of carbonyl (C=O) groups is 1. The van der Waals surface area contributed by atoms with Crippen molar-refractivity contribution in [2.75, 3.05) is 18.8 Å². The van der Waals surface area contributed by atoms with Crippen molar-refractivity contribution in [3.8, 4) is 22.4 Å². The van der Waals surface area contributed by atoms with Crippen LogP contribution in [0.5, 0.6) is 0 Å². The molecule has 1 amide bonds. The van der Waals surface area contributed by atoms with E-state index in [1.54, 1.807) is 35.2 Å². The first-order valence-corrected chi connectivity index (χ1v) is 10.7. The minimum absolute atomic E-state index is 0.00952. The van der Waals surface area contributed by atoms with Gasteiger partial charge in [0.25, 0.3) is 0 Å². The van der Waals surface area contributed by atoms with Crippen LogP contribution in [0.1, 0.15) is 37.4 Å². The monoisotopic (exact) mass is 457 g/mol. The number of nitrogens with two attached hydrogens (primary N) is 1. The molecule has 0 aliphatic carbocycles. The zero-order valence-corrected chi connectivity index (χ0v) is 18.8. The third-order valence-corrected chi connectivity index (χ3v) is 5.27. The Hall–Kier alpha value is -3.49. The number of aryl methyl sites for hydroxylation is 2. The smallest absolute Gasteiger partial charge is 0.368 e. The molecule has 3 rings (SSSR count). The first kappa shape index (κ1) is 24.2. The number of pyridine rings is 1. The van der Waals surface area contributed by atoms with Gasteiger partial charge in [0.15, 0.2) is 0 Å². The van der Waals surface area contributed by atoms with E-state index >= 15 is 0 Å². The molecule has 0 fully saturated rings. The van der Waals surface area contributed by atoms with Crippen molar-refractivity contribution in [1.29, 1.82) is 0 Å². The van der Waals surface area contributed by atoms with E-state index in [4.69, 9.17) is 5.73 Å². The van der Waals surface area contributed by atoms with Gasteiger partial charge in [0.1, 0.15) is 5.69 Å². The molecule has 0 aliphatic rings. The van der Waals surface area contributed by atoms with Crippen molar-refractivity contribution >= 4 is 11.9 Å². The molecule has 0 saturated carbocycles. The van der Waals surface area contributed by atoms with Crippen LogP contribution >= 0.6 is 0 Å². The highest BCUT2D eigenvalue weighted by Crippen LogP contribution is 2.37. The number of aromatic nitrogens is 3. The highest BCUT2D eigenvalue weighted by atomic mass is 19.4. The second-order valence-corrected chi connectivity index (χ2v) is 7.56. The van der Waals surface area contributed by atoms with E-state index in [1.165, 1.54) is 6.92 Å². The fourth-order valence-electron chi connectivity index (χ4n) is 3.73. The number of hydrogen-bond donors (Lipinski definition) is 1. The summed E-state index contributed by atoms with van der Waals surface area (Å²) in [5.41, 5.74) is 7.39. The van der Waals surface area contributed by atoms with Crippen molar-refractivity contribution in [3.05, 3.63) is 59.5 Å². The van der Waals surface area contributed by atoms with Gasteiger partial charge in [-0.05, 0) is 44.9 Å². The number of amides is 1. The van der Waals surface area contributed by atoms with Gasteiger partial charge in [-0.2, -0.15) is 13.2 Å². The van der Waals surface area contributed by atoms with Gasteiger partial charge < -0.3 is 10.6 Å². The standard InChI is InChI=1S/C24H26F3N5O/c1-4-32(5-2)20(33)12-11-18-21(17-13-15(3)29-19(14-17)24(25,26)27)22(31-23(28)30-18)16-9-7-6-8-10-16/h6-10,13-14H,4-5,11-12H2,1-3H3,(H2,28,30,31). The maximum Gasteiger partial charge on any atom is 0.433 e. The Balaban J connectivity index is 2.20. The molecular formula is C24H26F3N5O. The fraction of sp³-hybridized carbons (Fsp3) is 0.333. The van der Waals surface area contributed by atoms with Crippen LogP contribution in [-0.4, -0.2) is 38.8 Å². The quantitative estimate of drug-likeness (QED) is 0.545. The number of anilines is 1. The van der Waals surface area contributed by atoms with Crippen LogP contribution in [0.2, 0.25) is 0 Å². The summed E-state index contributed by atoms with van der Waals surface area (Å²) >= 11 is 0. The molecule has 0 aliphatic heterocycles. The second kappa shape index (κ2) is 9.97. The molecule has 0 bridgehead atoms. The largest absolute Gasteiger partial charge is 0.433 e. The summed E-state index contributed by atoms with van der Waals surface area (Å²) in [6, 6.07) is 11.6. The summed E-state index contributed by atoms with van der Waals surface area (Å²) in [6.45, 7) is 6.43. The predicted molar refractivity (Wildman–Crippen MR) is 121 cm³/mol. The van der Waals surface area contributed by atoms with Crippen LogP contribution in [0.25, 0.3) is 22.4 Å². The van der Waals surface area contributed by atoms with E-state index in [0.29, 0.717) is 35.6 Å². The molecule has 9 heteroatoms. The van der Waals surface area contributed by atoms with Crippen molar-refractivity contribution in [1.82, 2.24) is 19.9 Å². The van der Waals surface area contributed by atoms with Gasteiger partial charge in [-0.25, -0.2) is 15.0 Å². The highest BCUT2D eigenvalue weighted by molar-refractivity contribution is 5.84. The SMILES string of the molecule is CCN(CC)C(=O)CCc1nc(N)nc(-c2ccccc2)c1-c1cc(C)nc(C(F)(F)F)c1. The predicted octanol–water partition coefficient (Wildman–Crippen LogP) is 4.92. The Bertz CT molecular complexity index is 1130. The van der Waals surface area contributed by atoms with Crippen molar-refractivity contribution in [2.24, 2.45) is 0 Å². The lowest BCUT2D eigenvalue weighted by molar-refractivity contribution is -0.141. The van der Waals surface area contributed by atoms with E-state index in [2.05, 4.69) is 15.0 Å². The number of rotatable bonds is 7. The number of alkyl halides is 3. The summed E-state index contributed by atoms with van der Waals surface area (Å²) in [5.74, 6) is -0.0731. The molecule has 3 aromatic rings. The molecule has 0 spiro atoms. The van der Waals surface area contributed by atoms with Crippen LogP contribution in [0.4, 0.5) is 19.1 Å². The van der Waals surface area contributed by atoms with Crippen LogP contribution in [0.15, 0.2) is 42.5 Å². The topological polar surface area (TPSA) is 85.0 Å². The molecule has 1 aromatic carbocycles. The summed E-state index contributed by atoms with van der Waals surface area (Å²) in [5, 5.41) is 0. The number of nitrogen functional groups attached to an aromatic ring is 1. The number of hydrogen-bond acceptors (Lipinski definition) is 5. The van der Waals surface area contributed by atoms with Crippen molar-refractivity contribution in [2.45, 2.75) is 39.8 Å². The maximum absolute atomic E-state index is 13.5. The second-order valence-electron chi connectivity index (χ2n) is 7.56. The van der Waals surface area contributed by atoms with Crippen LogP contribution < -0.4 is 5.73 Å². The van der Waals surface area contributed by atoms with E-state index in [0.717, 1.165) is 6.07 Å². The lowest BCUT2D eigenvalue weighted by atomic mass is 9.95. The van der Waals surface area contributed by atoms with E-state index in [9.17, 15) is 18.0 Å². The minimum Gasteiger partial charge on any atom is -0.368 e. The van der Waals surface area contributed by atoms with Crippen LogP contribution in [0, 0.1) is 6.92 Å². The zero-order valence-electron chi connectivity index (χ0n) is 18.8. The summed E-state index contributed by atoms with van der Waals surface area (Å²) in [4.78, 5) is 26.6. The molecule has 0 unspecified atom stereocenters. The third kappa shape index (κ3) is 5.66. The van der Waals surface area contributed by atoms with Gasteiger partial charge in [-0.1, -0.05) is 30.3 Å². The Kier molecular flexibility index (Phi) is 7.30. The summed E-state index contributed by atoms with van der Waals surface area (Å²) in [6.07, 6.45) is -4.25. The first-order valence-electron chi connectivity index (χ1n) is 10.7. The van der Waals surface area contributed by atoms with Crippen LogP contribution in [0.3, 0.4) is 0 Å². The molecule has 0 saturated heterocycles. The molecule has 0 radical (unpaired) electrons. The average molecular weight is 458 g/mol. The van der Waals surface area contributed by atoms with Gasteiger partial charge >= 0.3 is 6.18 Å². The van der Waals surface area contributed by atoms with Gasteiger partial charge in [0, 0.05) is 36.3 Å². The highest BCUT2D eigenvalue weighted by Gasteiger charge is 2.33. The number of nitrogens with zero attached hydrogens (tertiary/aromatic N) is 4. The average Bonchev–Trinajstić information content (AvgIpc) is 2.77. The Morgan fingerprint density at radius 3 is 2.27 bits per heavy atom. The molecule has 2 heterocycles. The number of carbonyl (C=O) groups excluding carboxylic acids is 1.